The Kier molecular flexibility index (Phi) is 6.13. The molecule has 0 spiro atoms. The van der Waals surface area contributed by atoms with Crippen LogP contribution in [0, 0.1) is 0 Å². The third kappa shape index (κ3) is 5.88. The normalized spacial score (nSPS) is 11.9. The van der Waals surface area contributed by atoms with Crippen molar-refractivity contribution < 1.29 is 18.3 Å². The summed E-state index contributed by atoms with van der Waals surface area (Å²) in [6, 6.07) is 7.95. The van der Waals surface area contributed by atoms with Crippen molar-refractivity contribution in [3.05, 3.63) is 44.8 Å². The van der Waals surface area contributed by atoms with Crippen LogP contribution in [0.5, 0.6) is 0 Å². The molecule has 0 saturated heterocycles. The van der Waals surface area contributed by atoms with Gasteiger partial charge in [0, 0.05) is 29.4 Å². The molecular formula is C14H17NO4S3. The summed E-state index contributed by atoms with van der Waals surface area (Å²) in [5.74, 6) is -2.25. The first-order valence-electron chi connectivity index (χ1n) is 6.64. The molecule has 2 heterocycles. The van der Waals surface area contributed by atoms with Crippen molar-refractivity contribution in [1.29, 1.82) is 0 Å². The monoisotopic (exact) mass is 359 g/mol. The van der Waals surface area contributed by atoms with E-state index in [9.17, 15) is 13.2 Å². The summed E-state index contributed by atoms with van der Waals surface area (Å²) in [7, 11) is -3.57. The van der Waals surface area contributed by atoms with Gasteiger partial charge < -0.3 is 5.11 Å². The van der Waals surface area contributed by atoms with Crippen molar-refractivity contribution in [3.8, 4) is 0 Å². The zero-order valence-corrected chi connectivity index (χ0v) is 14.3. The van der Waals surface area contributed by atoms with Gasteiger partial charge in [-0.1, -0.05) is 12.1 Å². The van der Waals surface area contributed by atoms with Crippen LogP contribution in [-0.2, 0) is 27.7 Å². The van der Waals surface area contributed by atoms with Crippen LogP contribution in [-0.4, -0.2) is 42.4 Å². The highest BCUT2D eigenvalue weighted by atomic mass is 32.2. The topological polar surface area (TPSA) is 74.7 Å². The standard InChI is InChI=1S/C14H17NO4S3/c16-14(17)11-22(18,19)8-5-15(9-12-3-1-6-20-12)10-13-4-2-7-21-13/h1-4,6-7H,5,8-11H2,(H,16,17). The van der Waals surface area contributed by atoms with E-state index in [1.807, 2.05) is 39.9 Å². The Morgan fingerprint density at radius 1 is 1.09 bits per heavy atom. The minimum atomic E-state index is -3.57. The van der Waals surface area contributed by atoms with E-state index in [0.717, 1.165) is 9.75 Å². The Morgan fingerprint density at radius 2 is 1.64 bits per heavy atom. The van der Waals surface area contributed by atoms with Gasteiger partial charge in [0.2, 0.25) is 0 Å². The van der Waals surface area contributed by atoms with E-state index in [1.54, 1.807) is 22.7 Å². The number of thiophene rings is 2. The maximum Gasteiger partial charge on any atom is 0.318 e. The Balaban J connectivity index is 1.99. The van der Waals surface area contributed by atoms with E-state index in [-0.39, 0.29) is 5.75 Å². The van der Waals surface area contributed by atoms with Crippen LogP contribution >= 0.6 is 22.7 Å². The second kappa shape index (κ2) is 7.87. The maximum absolute atomic E-state index is 11.7. The van der Waals surface area contributed by atoms with Crippen LogP contribution in [0.15, 0.2) is 35.0 Å². The minimum absolute atomic E-state index is 0.143. The molecule has 0 radical (unpaired) electrons. The Bertz CT molecular complexity index is 642. The molecule has 0 saturated carbocycles. The van der Waals surface area contributed by atoms with Gasteiger partial charge in [-0.25, -0.2) is 8.42 Å². The summed E-state index contributed by atoms with van der Waals surface area (Å²) in [5.41, 5.74) is 0. The predicted octanol–water partition coefficient (Wildman–Crippen LogP) is 2.31. The van der Waals surface area contributed by atoms with Crippen molar-refractivity contribution in [2.24, 2.45) is 0 Å². The number of carboxylic acid groups (broad SMARTS) is 1. The lowest BCUT2D eigenvalue weighted by molar-refractivity contribution is -0.134. The van der Waals surface area contributed by atoms with Gasteiger partial charge in [0.25, 0.3) is 0 Å². The van der Waals surface area contributed by atoms with E-state index in [4.69, 9.17) is 5.11 Å². The molecule has 0 aliphatic heterocycles. The van der Waals surface area contributed by atoms with Gasteiger partial charge in [-0.3, -0.25) is 9.69 Å². The number of nitrogens with zero attached hydrogens (tertiary/aromatic N) is 1. The quantitative estimate of drug-likeness (QED) is 0.744. The molecule has 0 bridgehead atoms. The van der Waals surface area contributed by atoms with Gasteiger partial charge in [-0.15, -0.1) is 22.7 Å². The molecule has 0 fully saturated rings. The van der Waals surface area contributed by atoms with Gasteiger partial charge in [-0.2, -0.15) is 0 Å². The summed E-state index contributed by atoms with van der Waals surface area (Å²) < 4.78 is 23.5. The predicted molar refractivity (Wildman–Crippen MR) is 89.0 cm³/mol. The summed E-state index contributed by atoms with van der Waals surface area (Å²) in [6.45, 7) is 1.65. The number of hydrogen-bond acceptors (Lipinski definition) is 6. The number of carboxylic acids is 1. The second-order valence-corrected chi connectivity index (χ2v) is 9.10. The molecule has 0 amide bonds. The Hall–Kier alpha value is -1.22. The van der Waals surface area contributed by atoms with E-state index >= 15 is 0 Å². The number of aliphatic carboxylic acids is 1. The van der Waals surface area contributed by atoms with Crippen molar-refractivity contribution in [2.45, 2.75) is 13.1 Å². The first kappa shape index (κ1) is 17.1. The molecule has 2 aromatic rings. The van der Waals surface area contributed by atoms with E-state index in [2.05, 4.69) is 0 Å². The fraction of sp³-hybridized carbons (Fsp3) is 0.357. The van der Waals surface area contributed by atoms with Gasteiger partial charge >= 0.3 is 5.97 Å². The fourth-order valence-corrected chi connectivity index (χ4v) is 4.54. The summed E-state index contributed by atoms with van der Waals surface area (Å²) in [4.78, 5) is 14.9. The zero-order chi connectivity index (χ0) is 16.0. The molecule has 5 nitrogen and oxygen atoms in total. The van der Waals surface area contributed by atoms with E-state index in [1.165, 1.54) is 0 Å². The third-order valence-corrected chi connectivity index (χ3v) is 6.19. The molecule has 1 N–H and O–H groups in total. The van der Waals surface area contributed by atoms with Gasteiger partial charge in [0.1, 0.15) is 5.75 Å². The molecule has 0 aliphatic rings. The largest absolute Gasteiger partial charge is 0.480 e. The molecule has 0 unspecified atom stereocenters. The second-order valence-electron chi connectivity index (χ2n) is 4.86. The van der Waals surface area contributed by atoms with Gasteiger partial charge in [0.05, 0.1) is 5.75 Å². The first-order valence-corrected chi connectivity index (χ1v) is 10.2. The highest BCUT2D eigenvalue weighted by molar-refractivity contribution is 7.92. The lowest BCUT2D eigenvalue weighted by Crippen LogP contribution is -2.30. The highest BCUT2D eigenvalue weighted by Crippen LogP contribution is 2.17. The average Bonchev–Trinajstić information content (AvgIpc) is 3.08. The highest BCUT2D eigenvalue weighted by Gasteiger charge is 2.18. The number of sulfone groups is 1. The van der Waals surface area contributed by atoms with Crippen LogP contribution < -0.4 is 0 Å². The summed E-state index contributed by atoms with van der Waals surface area (Å²) >= 11 is 3.25. The molecule has 0 aliphatic carbocycles. The number of carbonyl (C=O) groups is 1. The molecule has 22 heavy (non-hydrogen) atoms. The lowest BCUT2D eigenvalue weighted by Gasteiger charge is -2.20. The van der Waals surface area contributed by atoms with Crippen LogP contribution in [0.2, 0.25) is 0 Å². The summed E-state index contributed by atoms with van der Waals surface area (Å²) in [6.07, 6.45) is 0. The fourth-order valence-electron chi connectivity index (χ4n) is 1.99. The van der Waals surface area contributed by atoms with E-state index < -0.39 is 21.6 Å². The molecule has 2 rings (SSSR count). The van der Waals surface area contributed by atoms with Crippen molar-refractivity contribution in [3.63, 3.8) is 0 Å². The Morgan fingerprint density at radius 3 is 2.05 bits per heavy atom. The molecule has 0 atom stereocenters. The summed E-state index contributed by atoms with van der Waals surface area (Å²) in [5, 5.41) is 12.6. The third-order valence-electron chi connectivity index (χ3n) is 2.98. The lowest BCUT2D eigenvalue weighted by atomic mass is 10.3. The van der Waals surface area contributed by atoms with Crippen LogP contribution in [0.4, 0.5) is 0 Å². The van der Waals surface area contributed by atoms with Crippen molar-refractivity contribution in [2.75, 3.05) is 18.1 Å². The average molecular weight is 359 g/mol. The molecule has 0 aromatic carbocycles. The SMILES string of the molecule is O=C(O)CS(=O)(=O)CCN(Cc1cccs1)Cc1cccs1. The van der Waals surface area contributed by atoms with Gasteiger partial charge in [-0.05, 0) is 22.9 Å². The van der Waals surface area contributed by atoms with Gasteiger partial charge in [0.15, 0.2) is 9.84 Å². The smallest absolute Gasteiger partial charge is 0.318 e. The first-order chi connectivity index (χ1) is 10.4. The van der Waals surface area contributed by atoms with Crippen molar-refractivity contribution in [1.82, 2.24) is 4.90 Å². The number of rotatable bonds is 9. The molecular weight excluding hydrogens is 342 g/mol. The van der Waals surface area contributed by atoms with E-state index in [0.29, 0.717) is 19.6 Å². The van der Waals surface area contributed by atoms with Crippen LogP contribution in [0.1, 0.15) is 9.75 Å². The van der Waals surface area contributed by atoms with Crippen LogP contribution in [0.3, 0.4) is 0 Å². The molecule has 8 heteroatoms. The maximum atomic E-state index is 11.7. The van der Waals surface area contributed by atoms with Crippen LogP contribution in [0.25, 0.3) is 0 Å². The molecule has 120 valence electrons. The minimum Gasteiger partial charge on any atom is -0.480 e. The molecule has 2 aromatic heterocycles. The number of hydrogen-bond donors (Lipinski definition) is 1. The zero-order valence-electron chi connectivity index (χ0n) is 11.8. The Labute approximate surface area is 137 Å². The van der Waals surface area contributed by atoms with Crippen molar-refractivity contribution >= 4 is 38.5 Å².